The Labute approximate surface area is 179 Å². The molecule has 0 saturated heterocycles. The Morgan fingerprint density at radius 3 is 2.40 bits per heavy atom. The van der Waals surface area contributed by atoms with Crippen LogP contribution in [-0.2, 0) is 16.1 Å². The van der Waals surface area contributed by atoms with E-state index in [1.165, 1.54) is 7.11 Å². The molecule has 2 aliphatic rings. The predicted octanol–water partition coefficient (Wildman–Crippen LogP) is 3.94. The molecule has 5 atom stereocenters. The maximum Gasteiger partial charge on any atom is 0.342 e. The van der Waals surface area contributed by atoms with E-state index < -0.39 is 5.97 Å². The van der Waals surface area contributed by atoms with Gasteiger partial charge in [-0.15, -0.1) is 9.24 Å². The minimum absolute atomic E-state index is 0.0711. The van der Waals surface area contributed by atoms with Crippen molar-refractivity contribution in [2.75, 3.05) is 7.11 Å². The van der Waals surface area contributed by atoms with Crippen LogP contribution in [0.15, 0.2) is 42.5 Å². The molecule has 2 aromatic carbocycles. The molecular weight excluding hydrogens is 399 g/mol. The van der Waals surface area contributed by atoms with Crippen molar-refractivity contribution in [3.05, 3.63) is 53.6 Å². The van der Waals surface area contributed by atoms with Gasteiger partial charge in [-0.1, -0.05) is 37.3 Å². The van der Waals surface area contributed by atoms with Crippen molar-refractivity contribution >= 4 is 26.3 Å². The summed E-state index contributed by atoms with van der Waals surface area (Å²) in [4.78, 5) is 24.7. The molecule has 0 spiro atoms. The third kappa shape index (κ3) is 4.22. The summed E-state index contributed by atoms with van der Waals surface area (Å²) in [5.41, 5.74) is 1.27. The van der Waals surface area contributed by atoms with E-state index in [9.17, 15) is 9.59 Å². The average Bonchev–Trinajstić information content (AvgIpc) is 3.27. The fraction of sp³-hybridized carbons (Fsp3) is 0.417. The predicted molar refractivity (Wildman–Crippen MR) is 117 cm³/mol. The van der Waals surface area contributed by atoms with Crippen molar-refractivity contribution in [3.63, 3.8) is 0 Å². The second kappa shape index (κ2) is 8.77. The normalized spacial score (nSPS) is 24.1. The van der Waals surface area contributed by atoms with Gasteiger partial charge >= 0.3 is 5.97 Å². The van der Waals surface area contributed by atoms with Gasteiger partial charge in [0.1, 0.15) is 29.5 Å². The highest BCUT2D eigenvalue weighted by Gasteiger charge is 2.59. The molecule has 5 nitrogen and oxygen atoms in total. The van der Waals surface area contributed by atoms with Crippen LogP contribution in [0.4, 0.5) is 0 Å². The first-order chi connectivity index (χ1) is 14.5. The molecule has 30 heavy (non-hydrogen) atoms. The van der Waals surface area contributed by atoms with Crippen LogP contribution in [0.3, 0.4) is 0 Å². The number of carbonyl (C=O) groups excluding carboxylic acids is 2. The molecule has 2 aromatic rings. The summed E-state index contributed by atoms with van der Waals surface area (Å²) in [5.74, 6) is 2.18. The van der Waals surface area contributed by atoms with E-state index in [4.69, 9.17) is 14.2 Å². The Kier molecular flexibility index (Phi) is 6.10. The quantitative estimate of drug-likeness (QED) is 0.473. The van der Waals surface area contributed by atoms with Crippen molar-refractivity contribution in [1.29, 1.82) is 0 Å². The van der Waals surface area contributed by atoms with Crippen molar-refractivity contribution in [3.8, 4) is 11.5 Å². The molecular formula is C24H27O5P. The number of hydrogen-bond acceptors (Lipinski definition) is 5. The SMILES string of the molecule is CCC(=O)C1[C@H]2CC(Oc3cc(C(=O)OCc4ccccc4)c(OC)cc3P)C[C@@H]12. The van der Waals surface area contributed by atoms with Crippen LogP contribution in [-0.4, -0.2) is 25.0 Å². The van der Waals surface area contributed by atoms with Crippen LogP contribution in [0.2, 0.25) is 0 Å². The van der Waals surface area contributed by atoms with Gasteiger partial charge in [-0.3, -0.25) is 4.79 Å². The van der Waals surface area contributed by atoms with Crippen molar-refractivity contribution in [1.82, 2.24) is 0 Å². The summed E-state index contributed by atoms with van der Waals surface area (Å²) < 4.78 is 17.1. The van der Waals surface area contributed by atoms with Crippen LogP contribution < -0.4 is 14.8 Å². The van der Waals surface area contributed by atoms with Gasteiger partial charge in [-0.05, 0) is 42.4 Å². The number of rotatable bonds is 8. The Morgan fingerprint density at radius 2 is 1.77 bits per heavy atom. The number of methoxy groups -OCH3 is 1. The number of Topliss-reactive ketones (excluding diaryl/α,β-unsaturated/α-hetero) is 1. The van der Waals surface area contributed by atoms with Crippen LogP contribution in [0.5, 0.6) is 11.5 Å². The van der Waals surface area contributed by atoms with Crippen molar-refractivity contribution < 1.29 is 23.8 Å². The highest BCUT2D eigenvalue weighted by Crippen LogP contribution is 2.58. The summed E-state index contributed by atoms with van der Waals surface area (Å²) in [5, 5.41) is 0.827. The van der Waals surface area contributed by atoms with E-state index in [0.29, 0.717) is 41.1 Å². The Balaban J connectivity index is 1.43. The summed E-state index contributed by atoms with van der Waals surface area (Å²) in [7, 11) is 4.17. The second-order valence-corrected chi connectivity index (χ2v) is 8.66. The third-order valence-electron chi connectivity index (χ3n) is 6.18. The lowest BCUT2D eigenvalue weighted by molar-refractivity contribution is -0.120. The molecule has 3 unspecified atom stereocenters. The molecule has 6 heteroatoms. The van der Waals surface area contributed by atoms with Gasteiger partial charge in [0.2, 0.25) is 0 Å². The maximum absolute atomic E-state index is 12.7. The Morgan fingerprint density at radius 1 is 1.07 bits per heavy atom. The van der Waals surface area contributed by atoms with E-state index in [2.05, 4.69) is 9.24 Å². The van der Waals surface area contributed by atoms with Crippen LogP contribution in [0, 0.1) is 17.8 Å². The van der Waals surface area contributed by atoms with E-state index in [1.807, 2.05) is 37.3 Å². The molecule has 0 heterocycles. The average molecular weight is 426 g/mol. The van der Waals surface area contributed by atoms with Gasteiger partial charge in [0.25, 0.3) is 0 Å². The van der Waals surface area contributed by atoms with E-state index in [-0.39, 0.29) is 18.6 Å². The molecule has 2 saturated carbocycles. The van der Waals surface area contributed by atoms with E-state index >= 15 is 0 Å². The van der Waals surface area contributed by atoms with E-state index in [1.54, 1.807) is 12.1 Å². The molecule has 0 aromatic heterocycles. The van der Waals surface area contributed by atoms with Gasteiger partial charge < -0.3 is 14.2 Å². The lowest BCUT2D eigenvalue weighted by Crippen LogP contribution is -2.20. The minimum atomic E-state index is -0.451. The molecule has 158 valence electrons. The summed E-state index contributed by atoms with van der Waals surface area (Å²) in [6.45, 7) is 2.13. The summed E-state index contributed by atoms with van der Waals surface area (Å²) >= 11 is 0. The van der Waals surface area contributed by atoms with Crippen LogP contribution >= 0.6 is 9.24 Å². The van der Waals surface area contributed by atoms with Crippen molar-refractivity contribution in [2.24, 2.45) is 17.8 Å². The first-order valence-electron chi connectivity index (χ1n) is 10.4. The van der Waals surface area contributed by atoms with Gasteiger partial charge in [0.05, 0.1) is 13.2 Å². The molecule has 2 aliphatic carbocycles. The van der Waals surface area contributed by atoms with Gasteiger partial charge in [0.15, 0.2) is 0 Å². The summed E-state index contributed by atoms with van der Waals surface area (Å²) in [6.07, 6.45) is 2.48. The van der Waals surface area contributed by atoms with Crippen molar-refractivity contribution in [2.45, 2.75) is 38.9 Å². The number of esters is 1. The lowest BCUT2D eigenvalue weighted by Gasteiger charge is -2.20. The zero-order chi connectivity index (χ0) is 21.3. The highest BCUT2D eigenvalue weighted by atomic mass is 31.0. The largest absolute Gasteiger partial charge is 0.496 e. The molecule has 0 N–H and O–H groups in total. The molecule has 0 amide bonds. The second-order valence-electron chi connectivity index (χ2n) is 8.04. The first kappa shape index (κ1) is 20.9. The number of hydrogen-bond donors (Lipinski definition) is 0. The molecule has 0 radical (unpaired) electrons. The topological polar surface area (TPSA) is 61.8 Å². The number of fused-ring (bicyclic) bond motifs is 1. The van der Waals surface area contributed by atoms with E-state index in [0.717, 1.165) is 23.7 Å². The molecule has 0 bridgehead atoms. The number of carbonyl (C=O) groups is 2. The number of benzene rings is 2. The minimum Gasteiger partial charge on any atom is -0.496 e. The van der Waals surface area contributed by atoms with Gasteiger partial charge in [-0.25, -0.2) is 4.79 Å². The number of ketones is 1. The first-order valence-corrected chi connectivity index (χ1v) is 11.0. The smallest absolute Gasteiger partial charge is 0.342 e. The maximum atomic E-state index is 12.7. The van der Waals surface area contributed by atoms with Gasteiger partial charge in [-0.2, -0.15) is 0 Å². The molecule has 0 aliphatic heterocycles. The monoisotopic (exact) mass is 426 g/mol. The number of ether oxygens (including phenoxy) is 3. The Bertz CT molecular complexity index is 930. The zero-order valence-corrected chi connectivity index (χ0v) is 18.5. The molecule has 4 rings (SSSR count). The standard InChI is InChI=1S/C24H27O5P/c1-3-19(25)23-16-9-15(10-17(16)23)29-21-11-18(20(27-2)12-22(21)30)24(26)28-13-14-7-5-4-6-8-14/h4-8,11-12,15-17,23H,3,9-10,13,30H2,1-2H3/t15?,16-,17+,23?. The fourth-order valence-corrected chi connectivity index (χ4v) is 4.89. The fourth-order valence-electron chi connectivity index (χ4n) is 4.59. The van der Waals surface area contributed by atoms with Crippen LogP contribution in [0.1, 0.15) is 42.1 Å². The zero-order valence-electron chi connectivity index (χ0n) is 17.3. The summed E-state index contributed by atoms with van der Waals surface area (Å²) in [6, 6.07) is 13.0. The lowest BCUT2D eigenvalue weighted by atomic mass is 10.0. The Hall–Kier alpha value is -2.39. The van der Waals surface area contributed by atoms with Gasteiger partial charge in [0, 0.05) is 17.6 Å². The van der Waals surface area contributed by atoms with Crippen LogP contribution in [0.25, 0.3) is 0 Å². The molecule has 2 fully saturated rings. The third-order valence-corrected chi connectivity index (χ3v) is 6.63. The highest BCUT2D eigenvalue weighted by molar-refractivity contribution is 7.27.